The van der Waals surface area contributed by atoms with E-state index in [1.807, 2.05) is 0 Å². The molecule has 1 rings (SSSR count). The highest BCUT2D eigenvalue weighted by Gasteiger charge is 2.36. The van der Waals surface area contributed by atoms with Crippen molar-refractivity contribution in [2.24, 2.45) is 0 Å². The van der Waals surface area contributed by atoms with Gasteiger partial charge in [0.2, 0.25) is 0 Å². The van der Waals surface area contributed by atoms with E-state index in [0.29, 0.717) is 6.07 Å². The van der Waals surface area contributed by atoms with Crippen molar-refractivity contribution < 1.29 is 28.4 Å². The lowest BCUT2D eigenvalue weighted by molar-refractivity contribution is -0.385. The Morgan fingerprint density at radius 1 is 1.24 bits per heavy atom. The average molecular weight is 299 g/mol. The lowest BCUT2D eigenvalue weighted by Crippen LogP contribution is -2.27. The summed E-state index contributed by atoms with van der Waals surface area (Å²) in [6.45, 7) is 3.03. The van der Waals surface area contributed by atoms with Gasteiger partial charge in [0.05, 0.1) is 29.8 Å². The Kier molecular flexibility index (Phi) is 5.77. The molecule has 0 aliphatic rings. The fraction of sp³-hybridized carbons (Fsp3) is 0.385. The number of hydrogen-bond donors (Lipinski definition) is 0. The van der Waals surface area contributed by atoms with Crippen molar-refractivity contribution >= 4 is 17.6 Å². The average Bonchev–Trinajstić information content (AvgIpc) is 2.41. The molecule has 114 valence electrons. The minimum Gasteiger partial charge on any atom is -0.465 e. The largest absolute Gasteiger partial charge is 0.465 e. The number of rotatable bonds is 6. The van der Waals surface area contributed by atoms with Crippen molar-refractivity contribution in [2.45, 2.75) is 19.8 Å². The van der Waals surface area contributed by atoms with E-state index in [-0.39, 0.29) is 18.8 Å². The molecule has 0 aliphatic carbocycles. The minimum atomic E-state index is -1.62. The highest BCUT2D eigenvalue weighted by atomic mass is 19.1. The number of ether oxygens (including phenoxy) is 2. The summed E-state index contributed by atoms with van der Waals surface area (Å²) in [7, 11) is 0. The first-order valence-corrected chi connectivity index (χ1v) is 6.19. The van der Waals surface area contributed by atoms with Crippen molar-refractivity contribution in [3.63, 3.8) is 0 Å². The van der Waals surface area contributed by atoms with Gasteiger partial charge in [-0.2, -0.15) is 0 Å². The fourth-order valence-corrected chi connectivity index (χ4v) is 1.72. The van der Waals surface area contributed by atoms with Gasteiger partial charge in [-0.05, 0) is 26.0 Å². The Morgan fingerprint density at radius 3 is 2.19 bits per heavy atom. The summed E-state index contributed by atoms with van der Waals surface area (Å²) in [4.78, 5) is 33.9. The second kappa shape index (κ2) is 7.32. The fourth-order valence-electron chi connectivity index (χ4n) is 1.72. The van der Waals surface area contributed by atoms with Crippen LogP contribution in [0.1, 0.15) is 25.3 Å². The van der Waals surface area contributed by atoms with E-state index in [9.17, 15) is 24.1 Å². The maximum absolute atomic E-state index is 13.1. The van der Waals surface area contributed by atoms with E-state index >= 15 is 0 Å². The third-order valence-electron chi connectivity index (χ3n) is 2.54. The molecule has 21 heavy (non-hydrogen) atoms. The van der Waals surface area contributed by atoms with E-state index in [0.717, 1.165) is 12.1 Å². The summed E-state index contributed by atoms with van der Waals surface area (Å²) in [6, 6.07) is 2.57. The van der Waals surface area contributed by atoms with Crippen molar-refractivity contribution in [1.82, 2.24) is 0 Å². The zero-order chi connectivity index (χ0) is 16.0. The van der Waals surface area contributed by atoms with Gasteiger partial charge in [-0.3, -0.25) is 19.7 Å². The predicted molar refractivity (Wildman–Crippen MR) is 69.1 cm³/mol. The van der Waals surface area contributed by atoms with Crippen molar-refractivity contribution in [2.75, 3.05) is 13.2 Å². The van der Waals surface area contributed by atoms with Gasteiger partial charge in [-0.25, -0.2) is 4.39 Å². The summed E-state index contributed by atoms with van der Waals surface area (Å²) in [5, 5.41) is 11.0. The number of esters is 2. The van der Waals surface area contributed by atoms with Crippen LogP contribution < -0.4 is 0 Å². The van der Waals surface area contributed by atoms with Gasteiger partial charge in [-0.1, -0.05) is 0 Å². The molecular formula is C13H14FNO6. The Balaban J connectivity index is 3.35. The van der Waals surface area contributed by atoms with E-state index in [1.165, 1.54) is 13.8 Å². The van der Waals surface area contributed by atoms with Crippen molar-refractivity contribution in [3.8, 4) is 0 Å². The molecule has 1 aromatic carbocycles. The standard InChI is InChI=1S/C13H14FNO6/c1-3-20-12(16)11(13(17)21-4-2)9-6-5-8(14)7-10(9)15(18)19/h5-7,11H,3-4H2,1-2H3. The van der Waals surface area contributed by atoms with Crippen LogP contribution in [-0.2, 0) is 19.1 Å². The molecule has 0 bridgehead atoms. The molecule has 0 aromatic heterocycles. The quantitative estimate of drug-likeness (QED) is 0.345. The molecular weight excluding hydrogens is 285 g/mol. The van der Waals surface area contributed by atoms with Gasteiger partial charge >= 0.3 is 11.9 Å². The lowest BCUT2D eigenvalue weighted by Gasteiger charge is -2.14. The molecule has 0 saturated carbocycles. The molecule has 0 atom stereocenters. The maximum atomic E-state index is 13.1. The smallest absolute Gasteiger partial charge is 0.325 e. The number of nitrogens with zero attached hydrogens (tertiary/aromatic N) is 1. The lowest BCUT2D eigenvalue weighted by atomic mass is 9.97. The van der Waals surface area contributed by atoms with Crippen LogP contribution in [0.2, 0.25) is 0 Å². The molecule has 1 aromatic rings. The second-order valence-electron chi connectivity index (χ2n) is 3.90. The van der Waals surface area contributed by atoms with E-state index in [4.69, 9.17) is 9.47 Å². The number of halogens is 1. The molecule has 0 spiro atoms. The summed E-state index contributed by atoms with van der Waals surface area (Å²) in [5.41, 5.74) is -0.945. The van der Waals surface area contributed by atoms with Crippen LogP contribution in [-0.4, -0.2) is 30.1 Å². The van der Waals surface area contributed by atoms with Crippen LogP contribution in [0.4, 0.5) is 10.1 Å². The topological polar surface area (TPSA) is 95.7 Å². The third kappa shape index (κ3) is 3.98. The molecule has 0 unspecified atom stereocenters. The summed E-state index contributed by atoms with van der Waals surface area (Å²) < 4.78 is 22.6. The summed E-state index contributed by atoms with van der Waals surface area (Å²) in [6.07, 6.45) is 0. The van der Waals surface area contributed by atoms with Gasteiger partial charge in [0, 0.05) is 0 Å². The minimum absolute atomic E-state index is 0.0102. The van der Waals surface area contributed by atoms with Crippen LogP contribution in [0.3, 0.4) is 0 Å². The normalized spacial score (nSPS) is 10.3. The van der Waals surface area contributed by atoms with Crippen LogP contribution in [0.25, 0.3) is 0 Å². The number of benzene rings is 1. The van der Waals surface area contributed by atoms with E-state index < -0.39 is 34.3 Å². The SMILES string of the molecule is CCOC(=O)C(C(=O)OCC)c1ccc(F)cc1[N+](=O)[O-]. The molecule has 0 fully saturated rings. The maximum Gasteiger partial charge on any atom is 0.325 e. The van der Waals surface area contributed by atoms with Crippen LogP contribution in [0.15, 0.2) is 18.2 Å². The zero-order valence-corrected chi connectivity index (χ0v) is 11.5. The van der Waals surface area contributed by atoms with Gasteiger partial charge in [0.25, 0.3) is 5.69 Å². The first-order valence-electron chi connectivity index (χ1n) is 6.19. The number of nitro groups is 1. The van der Waals surface area contributed by atoms with Gasteiger partial charge in [0.1, 0.15) is 5.82 Å². The number of nitro benzene ring substituents is 1. The highest BCUT2D eigenvalue weighted by molar-refractivity contribution is 6.01. The first kappa shape index (κ1) is 16.5. The molecule has 0 saturated heterocycles. The number of carbonyl (C=O) groups is 2. The molecule has 0 radical (unpaired) electrons. The highest BCUT2D eigenvalue weighted by Crippen LogP contribution is 2.29. The number of hydrogen-bond acceptors (Lipinski definition) is 6. The zero-order valence-electron chi connectivity index (χ0n) is 11.5. The third-order valence-corrected chi connectivity index (χ3v) is 2.54. The number of carbonyl (C=O) groups excluding carboxylic acids is 2. The van der Waals surface area contributed by atoms with Gasteiger partial charge in [-0.15, -0.1) is 0 Å². The predicted octanol–water partition coefficient (Wildman–Crippen LogP) is 1.94. The molecule has 0 N–H and O–H groups in total. The van der Waals surface area contributed by atoms with Crippen molar-refractivity contribution in [1.29, 1.82) is 0 Å². The van der Waals surface area contributed by atoms with Crippen LogP contribution >= 0.6 is 0 Å². The Labute approximate surface area is 119 Å². The van der Waals surface area contributed by atoms with Gasteiger partial charge in [0.15, 0.2) is 5.92 Å². The van der Waals surface area contributed by atoms with E-state index in [2.05, 4.69) is 0 Å². The molecule has 0 heterocycles. The summed E-state index contributed by atoms with van der Waals surface area (Å²) >= 11 is 0. The monoisotopic (exact) mass is 299 g/mol. The molecule has 0 amide bonds. The van der Waals surface area contributed by atoms with Gasteiger partial charge < -0.3 is 9.47 Å². The van der Waals surface area contributed by atoms with E-state index in [1.54, 1.807) is 0 Å². The molecule has 7 nitrogen and oxygen atoms in total. The van der Waals surface area contributed by atoms with Crippen molar-refractivity contribution in [3.05, 3.63) is 39.7 Å². The van der Waals surface area contributed by atoms with Crippen LogP contribution in [0, 0.1) is 15.9 Å². The molecule has 0 aliphatic heterocycles. The Morgan fingerprint density at radius 2 is 1.76 bits per heavy atom. The Hall–Kier alpha value is -2.51. The first-order chi connectivity index (χ1) is 9.92. The molecule has 8 heteroatoms. The summed E-state index contributed by atoms with van der Waals surface area (Å²) in [5.74, 6) is -4.43. The second-order valence-corrected chi connectivity index (χ2v) is 3.90. The Bertz CT molecular complexity index is 542. The van der Waals surface area contributed by atoms with Crippen LogP contribution in [0.5, 0.6) is 0 Å².